The Morgan fingerprint density at radius 1 is 0.895 bits per heavy atom. The highest BCUT2D eigenvalue weighted by molar-refractivity contribution is 5.85. The molecule has 38 heavy (non-hydrogen) atoms. The maximum absolute atomic E-state index is 12.6. The number of hydrogen-bond acceptors (Lipinski definition) is 6. The molecule has 0 saturated heterocycles. The van der Waals surface area contributed by atoms with E-state index in [1.165, 1.54) is 32.8 Å². The van der Waals surface area contributed by atoms with Crippen LogP contribution in [0.4, 0.5) is 0 Å². The Morgan fingerprint density at radius 3 is 2.39 bits per heavy atom. The van der Waals surface area contributed by atoms with Gasteiger partial charge in [-0.05, 0) is 59.0 Å². The lowest BCUT2D eigenvalue weighted by Gasteiger charge is -2.24. The number of fused-ring (bicyclic) bond motifs is 2. The van der Waals surface area contributed by atoms with Gasteiger partial charge >= 0.3 is 5.97 Å². The first kappa shape index (κ1) is 25.9. The molecule has 1 N–H and O–H groups in total. The molecule has 1 heterocycles. The number of nitrogens with one attached hydrogen (secondary N) is 1. The quantitative estimate of drug-likeness (QED) is 0.304. The fourth-order valence-corrected chi connectivity index (χ4v) is 5.57. The van der Waals surface area contributed by atoms with Crippen molar-refractivity contribution in [2.24, 2.45) is 5.92 Å². The van der Waals surface area contributed by atoms with Crippen LogP contribution in [0, 0.1) is 5.92 Å². The van der Waals surface area contributed by atoms with Crippen LogP contribution in [-0.4, -0.2) is 38.4 Å². The van der Waals surface area contributed by atoms with Crippen molar-refractivity contribution >= 4 is 22.6 Å². The van der Waals surface area contributed by atoms with Gasteiger partial charge in [0.1, 0.15) is 5.75 Å². The van der Waals surface area contributed by atoms with Gasteiger partial charge in [0.2, 0.25) is 6.79 Å². The van der Waals surface area contributed by atoms with E-state index in [1.807, 2.05) is 55.5 Å². The van der Waals surface area contributed by atoms with Crippen molar-refractivity contribution in [2.75, 3.05) is 20.5 Å². The first-order valence-corrected chi connectivity index (χ1v) is 13.4. The molecule has 5 rings (SSSR count). The minimum Gasteiger partial charge on any atom is -0.484 e. The maximum Gasteiger partial charge on any atom is 0.309 e. The number of benzene rings is 3. The number of carbonyl (C=O) groups excluding carboxylic acids is 2. The molecule has 200 valence electrons. The number of carbonyl (C=O) groups is 2. The molecule has 0 bridgehead atoms. The van der Waals surface area contributed by atoms with Crippen molar-refractivity contribution in [3.8, 4) is 17.2 Å². The van der Waals surface area contributed by atoms with E-state index in [9.17, 15) is 9.59 Å². The van der Waals surface area contributed by atoms with Crippen molar-refractivity contribution in [1.29, 1.82) is 0 Å². The zero-order valence-corrected chi connectivity index (χ0v) is 22.0. The number of ether oxygens (including phenoxy) is 4. The molecule has 2 aliphatic rings. The van der Waals surface area contributed by atoms with Crippen LogP contribution in [-0.2, 0) is 14.3 Å². The largest absolute Gasteiger partial charge is 0.484 e. The van der Waals surface area contributed by atoms with E-state index in [0.717, 1.165) is 34.7 Å². The second-order valence-corrected chi connectivity index (χ2v) is 10.2. The summed E-state index contributed by atoms with van der Waals surface area (Å²) in [5.74, 6) is 0.947. The molecule has 7 heteroatoms. The summed E-state index contributed by atoms with van der Waals surface area (Å²) in [5, 5.41) is 5.13. The van der Waals surface area contributed by atoms with E-state index in [2.05, 4.69) is 11.4 Å². The average molecular weight is 518 g/mol. The number of hydrogen-bond donors (Lipinski definition) is 1. The normalized spacial score (nSPS) is 16.9. The van der Waals surface area contributed by atoms with E-state index >= 15 is 0 Å². The van der Waals surface area contributed by atoms with Gasteiger partial charge in [-0.15, -0.1) is 0 Å². The summed E-state index contributed by atoms with van der Waals surface area (Å²) < 4.78 is 22.0. The first-order valence-electron chi connectivity index (χ1n) is 13.4. The maximum atomic E-state index is 12.6. The van der Waals surface area contributed by atoms with Gasteiger partial charge in [-0.2, -0.15) is 0 Å². The zero-order valence-electron chi connectivity index (χ0n) is 22.0. The third kappa shape index (κ3) is 5.87. The zero-order chi connectivity index (χ0) is 26.5. The van der Waals surface area contributed by atoms with Crippen LogP contribution in [0.5, 0.6) is 17.2 Å². The monoisotopic (exact) mass is 517 g/mol. The topological polar surface area (TPSA) is 83.1 Å². The molecule has 1 aliphatic carbocycles. The average Bonchev–Trinajstić information content (AvgIpc) is 3.26. The highest BCUT2D eigenvalue weighted by Gasteiger charge is 2.29. The van der Waals surface area contributed by atoms with Gasteiger partial charge in [0.25, 0.3) is 5.91 Å². The molecule has 1 saturated carbocycles. The molecular weight excluding hydrogens is 482 g/mol. The highest BCUT2D eigenvalue weighted by Crippen LogP contribution is 2.40. The van der Waals surface area contributed by atoms with Gasteiger partial charge in [0.15, 0.2) is 18.1 Å². The fourth-order valence-electron chi connectivity index (χ4n) is 5.57. The van der Waals surface area contributed by atoms with E-state index in [1.54, 1.807) is 0 Å². The predicted molar refractivity (Wildman–Crippen MR) is 145 cm³/mol. The van der Waals surface area contributed by atoms with E-state index < -0.39 is 5.92 Å². The summed E-state index contributed by atoms with van der Waals surface area (Å²) in [5.41, 5.74) is 1.91. The second-order valence-electron chi connectivity index (χ2n) is 10.2. The van der Waals surface area contributed by atoms with Crippen LogP contribution in [0.1, 0.15) is 62.5 Å². The molecule has 3 aromatic rings. The lowest BCUT2D eigenvalue weighted by Crippen LogP contribution is -2.37. The number of rotatable bonds is 8. The molecule has 0 spiro atoms. The van der Waals surface area contributed by atoms with Crippen LogP contribution >= 0.6 is 0 Å². The van der Waals surface area contributed by atoms with Crippen molar-refractivity contribution < 1.29 is 28.5 Å². The van der Waals surface area contributed by atoms with Crippen LogP contribution < -0.4 is 19.5 Å². The van der Waals surface area contributed by atoms with Crippen LogP contribution in [0.15, 0.2) is 54.6 Å². The SMILES string of the molecule is COC(=O)C(C)C(c1ccc2c(c1)OCO2)c1ccc2ccc(OCC(=O)NC3CCCCCC3)cc2c1. The molecule has 0 aromatic heterocycles. The van der Waals surface area contributed by atoms with Crippen LogP contribution in [0.3, 0.4) is 0 Å². The Labute approximate surface area is 223 Å². The lowest BCUT2D eigenvalue weighted by atomic mass is 9.81. The molecular formula is C31H35NO6. The summed E-state index contributed by atoms with van der Waals surface area (Å²) >= 11 is 0. The summed E-state index contributed by atoms with van der Waals surface area (Å²) in [6.07, 6.45) is 6.91. The Hall–Kier alpha value is -3.74. The molecule has 1 amide bonds. The molecule has 2 atom stereocenters. The number of amides is 1. The minimum atomic E-state index is -0.426. The third-order valence-electron chi connectivity index (χ3n) is 7.61. The molecule has 2 unspecified atom stereocenters. The predicted octanol–water partition coefficient (Wildman–Crippen LogP) is 5.73. The molecule has 1 aliphatic heterocycles. The van der Waals surface area contributed by atoms with Crippen LogP contribution in [0.25, 0.3) is 10.8 Å². The standard InChI is InChI=1S/C31H35NO6/c1-20(31(34)35-2)30(23-12-14-27-28(17-23)38-19-37-27)22-10-9-21-11-13-26(16-24(21)15-22)36-18-29(33)32-25-7-5-3-4-6-8-25/h9-17,20,25,30H,3-8,18-19H2,1-2H3,(H,32,33). The summed E-state index contributed by atoms with van der Waals surface area (Å²) in [6.45, 7) is 2.05. The Bertz CT molecular complexity index is 1300. The highest BCUT2D eigenvalue weighted by atomic mass is 16.7. The first-order chi connectivity index (χ1) is 18.5. The molecule has 1 fully saturated rings. The number of esters is 1. The van der Waals surface area contributed by atoms with Gasteiger partial charge in [0, 0.05) is 12.0 Å². The Balaban J connectivity index is 1.36. The van der Waals surface area contributed by atoms with Gasteiger partial charge in [-0.25, -0.2) is 0 Å². The van der Waals surface area contributed by atoms with Gasteiger partial charge < -0.3 is 24.3 Å². The van der Waals surface area contributed by atoms with Gasteiger partial charge in [-0.1, -0.05) is 62.9 Å². The Kier molecular flexibility index (Phi) is 8.01. The molecule has 0 radical (unpaired) electrons. The van der Waals surface area contributed by atoms with E-state index in [4.69, 9.17) is 18.9 Å². The van der Waals surface area contributed by atoms with Crippen molar-refractivity contribution in [3.63, 3.8) is 0 Å². The number of methoxy groups -OCH3 is 1. The molecule has 3 aromatic carbocycles. The van der Waals surface area contributed by atoms with Gasteiger partial charge in [-0.3, -0.25) is 9.59 Å². The third-order valence-corrected chi connectivity index (χ3v) is 7.61. The van der Waals surface area contributed by atoms with Crippen molar-refractivity contribution in [3.05, 3.63) is 65.7 Å². The van der Waals surface area contributed by atoms with Crippen LogP contribution in [0.2, 0.25) is 0 Å². The summed E-state index contributed by atoms with van der Waals surface area (Å²) in [4.78, 5) is 25.1. The van der Waals surface area contributed by atoms with E-state index in [-0.39, 0.29) is 37.2 Å². The van der Waals surface area contributed by atoms with Gasteiger partial charge in [0.05, 0.1) is 13.0 Å². The fraction of sp³-hybridized carbons (Fsp3) is 0.419. The van der Waals surface area contributed by atoms with Crippen molar-refractivity contribution in [1.82, 2.24) is 5.32 Å². The summed E-state index contributed by atoms with van der Waals surface area (Å²) in [6, 6.07) is 18.0. The van der Waals surface area contributed by atoms with E-state index in [0.29, 0.717) is 17.2 Å². The summed E-state index contributed by atoms with van der Waals surface area (Å²) in [7, 11) is 1.41. The second kappa shape index (κ2) is 11.8. The lowest BCUT2D eigenvalue weighted by molar-refractivity contribution is -0.145. The molecule has 7 nitrogen and oxygen atoms in total. The smallest absolute Gasteiger partial charge is 0.309 e. The minimum absolute atomic E-state index is 0.0130. The Morgan fingerprint density at radius 2 is 1.61 bits per heavy atom. The van der Waals surface area contributed by atoms with Crippen molar-refractivity contribution in [2.45, 2.75) is 57.4 Å².